The first-order valence-electron chi connectivity index (χ1n) is 8.17. The van der Waals surface area contributed by atoms with Crippen LogP contribution in [0.4, 0.5) is 0 Å². The molecule has 24 heavy (non-hydrogen) atoms. The predicted octanol–water partition coefficient (Wildman–Crippen LogP) is 2.72. The maximum Gasteiger partial charge on any atom is 0.255 e. The zero-order valence-corrected chi connectivity index (χ0v) is 13.3. The highest BCUT2D eigenvalue weighted by Gasteiger charge is 2.43. The van der Waals surface area contributed by atoms with Crippen LogP contribution in [0, 0.1) is 0 Å². The molecule has 1 fully saturated rings. The van der Waals surface area contributed by atoms with Gasteiger partial charge in [-0.2, -0.15) is 0 Å². The van der Waals surface area contributed by atoms with Crippen molar-refractivity contribution in [2.24, 2.45) is 0 Å². The van der Waals surface area contributed by atoms with E-state index in [-0.39, 0.29) is 11.7 Å². The third-order valence-corrected chi connectivity index (χ3v) is 4.87. The molecule has 5 heteroatoms. The van der Waals surface area contributed by atoms with Crippen LogP contribution in [0.5, 0.6) is 5.75 Å². The maximum absolute atomic E-state index is 12.5. The zero-order chi connectivity index (χ0) is 16.6. The van der Waals surface area contributed by atoms with Crippen molar-refractivity contribution in [2.75, 3.05) is 13.1 Å². The number of piperidine rings is 1. The van der Waals surface area contributed by atoms with Crippen molar-refractivity contribution in [1.82, 2.24) is 9.88 Å². The third kappa shape index (κ3) is 2.56. The molecule has 5 nitrogen and oxygen atoms in total. The third-order valence-electron chi connectivity index (χ3n) is 4.87. The lowest BCUT2D eigenvalue weighted by atomic mass is 9.82. The van der Waals surface area contributed by atoms with Gasteiger partial charge in [0, 0.05) is 38.3 Å². The molecule has 1 aromatic carbocycles. The van der Waals surface area contributed by atoms with E-state index < -0.39 is 5.60 Å². The van der Waals surface area contributed by atoms with Gasteiger partial charge in [-0.1, -0.05) is 12.1 Å². The summed E-state index contributed by atoms with van der Waals surface area (Å²) < 4.78 is 6.19. The fourth-order valence-corrected chi connectivity index (χ4v) is 3.51. The largest absolute Gasteiger partial charge is 0.486 e. The molecule has 1 saturated heterocycles. The smallest absolute Gasteiger partial charge is 0.255 e. The van der Waals surface area contributed by atoms with Crippen LogP contribution in [0.1, 0.15) is 40.0 Å². The summed E-state index contributed by atoms with van der Waals surface area (Å²) >= 11 is 0. The molecule has 2 aromatic rings. The molecule has 4 rings (SSSR count). The minimum absolute atomic E-state index is 0.0134. The fraction of sp³-hybridized carbons (Fsp3) is 0.316. The predicted molar refractivity (Wildman–Crippen MR) is 88.1 cm³/mol. The molecule has 1 amide bonds. The van der Waals surface area contributed by atoms with Crippen LogP contribution in [-0.4, -0.2) is 40.3 Å². The number of fused-ring (bicyclic) bond motifs is 1. The molecular weight excluding hydrogens is 304 g/mol. The number of hydrogen-bond donors (Lipinski definition) is 0. The van der Waals surface area contributed by atoms with Crippen molar-refractivity contribution in [3.63, 3.8) is 0 Å². The van der Waals surface area contributed by atoms with Crippen LogP contribution in [0.15, 0.2) is 48.8 Å². The average Bonchev–Trinajstić information content (AvgIpc) is 2.62. The van der Waals surface area contributed by atoms with E-state index in [2.05, 4.69) is 4.98 Å². The molecule has 0 aliphatic carbocycles. The van der Waals surface area contributed by atoms with Gasteiger partial charge < -0.3 is 9.64 Å². The lowest BCUT2D eigenvalue weighted by Gasteiger charge is -2.43. The summed E-state index contributed by atoms with van der Waals surface area (Å²) in [5.74, 6) is 0.783. The van der Waals surface area contributed by atoms with Gasteiger partial charge in [0.1, 0.15) is 11.4 Å². The normalized spacial score (nSPS) is 18.8. The van der Waals surface area contributed by atoms with Crippen LogP contribution in [-0.2, 0) is 0 Å². The zero-order valence-electron chi connectivity index (χ0n) is 13.3. The van der Waals surface area contributed by atoms with E-state index >= 15 is 0 Å². The molecule has 122 valence electrons. The number of aromatic nitrogens is 1. The summed E-state index contributed by atoms with van der Waals surface area (Å²) in [4.78, 5) is 30.8. The number of carbonyl (C=O) groups is 2. The molecule has 0 radical (unpaired) electrons. The first-order chi connectivity index (χ1) is 11.7. The number of likely N-dealkylation sites (tertiary alicyclic amines) is 1. The first kappa shape index (κ1) is 14.9. The molecule has 0 saturated carbocycles. The maximum atomic E-state index is 12.5. The lowest BCUT2D eigenvalue weighted by molar-refractivity contribution is -0.00571. The molecule has 2 aliphatic rings. The standard InChI is InChI=1S/C19H18N2O3/c22-16-12-19(24-17-6-2-1-5-15(16)17)7-10-21(11-8-19)18(23)14-4-3-9-20-13-14/h1-6,9,13H,7-8,10-12H2. The first-order valence-corrected chi connectivity index (χ1v) is 8.17. The number of ketones is 1. The van der Waals surface area contributed by atoms with E-state index in [1.807, 2.05) is 29.2 Å². The Balaban J connectivity index is 1.49. The van der Waals surface area contributed by atoms with Crippen molar-refractivity contribution in [2.45, 2.75) is 24.9 Å². The second kappa shape index (κ2) is 5.74. The van der Waals surface area contributed by atoms with Crippen molar-refractivity contribution >= 4 is 11.7 Å². The Morgan fingerprint density at radius 3 is 2.67 bits per heavy atom. The van der Waals surface area contributed by atoms with Gasteiger partial charge in [0.2, 0.25) is 0 Å². The molecule has 0 unspecified atom stereocenters. The van der Waals surface area contributed by atoms with Crippen molar-refractivity contribution in [3.8, 4) is 5.75 Å². The number of para-hydroxylation sites is 1. The van der Waals surface area contributed by atoms with Gasteiger partial charge in [-0.25, -0.2) is 0 Å². The SMILES string of the molecule is O=C1CC2(CCN(C(=O)c3cccnc3)CC2)Oc2ccccc21. The molecule has 1 spiro atoms. The number of pyridine rings is 1. The molecule has 0 N–H and O–H groups in total. The van der Waals surface area contributed by atoms with Gasteiger partial charge in [0.05, 0.1) is 17.5 Å². The fourth-order valence-electron chi connectivity index (χ4n) is 3.51. The van der Waals surface area contributed by atoms with Gasteiger partial charge in [-0.3, -0.25) is 14.6 Å². The van der Waals surface area contributed by atoms with E-state index in [0.29, 0.717) is 49.2 Å². The number of carbonyl (C=O) groups excluding carboxylic acids is 2. The summed E-state index contributed by atoms with van der Waals surface area (Å²) in [6.45, 7) is 1.17. The number of nitrogens with zero attached hydrogens (tertiary/aromatic N) is 2. The van der Waals surface area contributed by atoms with E-state index in [1.165, 1.54) is 0 Å². The number of hydrogen-bond acceptors (Lipinski definition) is 4. The van der Waals surface area contributed by atoms with E-state index in [9.17, 15) is 9.59 Å². The summed E-state index contributed by atoms with van der Waals surface area (Å²) in [5.41, 5.74) is 0.786. The average molecular weight is 322 g/mol. The van der Waals surface area contributed by atoms with E-state index in [4.69, 9.17) is 4.74 Å². The monoisotopic (exact) mass is 322 g/mol. The Hall–Kier alpha value is -2.69. The molecule has 1 aromatic heterocycles. The van der Waals surface area contributed by atoms with Crippen LogP contribution in [0.3, 0.4) is 0 Å². The van der Waals surface area contributed by atoms with Crippen LogP contribution >= 0.6 is 0 Å². The lowest BCUT2D eigenvalue weighted by Crippen LogP contribution is -2.52. The Labute approximate surface area is 140 Å². The summed E-state index contributed by atoms with van der Waals surface area (Å²) in [7, 11) is 0. The minimum Gasteiger partial charge on any atom is -0.486 e. The highest BCUT2D eigenvalue weighted by molar-refractivity contribution is 6.00. The van der Waals surface area contributed by atoms with E-state index in [0.717, 1.165) is 0 Å². The molecule has 3 heterocycles. The number of rotatable bonds is 1. The Kier molecular flexibility index (Phi) is 3.56. The van der Waals surface area contributed by atoms with Crippen LogP contribution < -0.4 is 4.74 Å². The Bertz CT molecular complexity index is 780. The van der Waals surface area contributed by atoms with Crippen LogP contribution in [0.25, 0.3) is 0 Å². The second-order valence-corrected chi connectivity index (χ2v) is 6.42. The topological polar surface area (TPSA) is 59.5 Å². The summed E-state index contributed by atoms with van der Waals surface area (Å²) in [6, 6.07) is 10.9. The molecule has 2 aliphatic heterocycles. The quantitative estimate of drug-likeness (QED) is 0.810. The van der Waals surface area contributed by atoms with E-state index in [1.54, 1.807) is 24.5 Å². The number of benzene rings is 1. The number of Topliss-reactive ketones (excluding diaryl/α,β-unsaturated/α-hetero) is 1. The van der Waals surface area contributed by atoms with Gasteiger partial charge in [-0.05, 0) is 24.3 Å². The van der Waals surface area contributed by atoms with Gasteiger partial charge >= 0.3 is 0 Å². The summed E-state index contributed by atoms with van der Waals surface area (Å²) in [5, 5.41) is 0. The van der Waals surface area contributed by atoms with Crippen molar-refractivity contribution in [3.05, 3.63) is 59.9 Å². The second-order valence-electron chi connectivity index (χ2n) is 6.42. The van der Waals surface area contributed by atoms with Gasteiger partial charge in [0.25, 0.3) is 5.91 Å². The Morgan fingerprint density at radius 1 is 1.12 bits per heavy atom. The van der Waals surface area contributed by atoms with Crippen molar-refractivity contribution < 1.29 is 14.3 Å². The van der Waals surface area contributed by atoms with Crippen molar-refractivity contribution in [1.29, 1.82) is 0 Å². The molecular formula is C19H18N2O3. The molecule has 0 bridgehead atoms. The van der Waals surface area contributed by atoms with Gasteiger partial charge in [-0.15, -0.1) is 0 Å². The highest BCUT2D eigenvalue weighted by atomic mass is 16.5. The number of ether oxygens (including phenoxy) is 1. The minimum atomic E-state index is -0.475. The van der Waals surface area contributed by atoms with Crippen LogP contribution in [0.2, 0.25) is 0 Å². The highest BCUT2D eigenvalue weighted by Crippen LogP contribution is 2.39. The molecule has 0 atom stereocenters. The Morgan fingerprint density at radius 2 is 1.92 bits per heavy atom. The summed E-state index contributed by atoms with van der Waals surface area (Å²) in [6.07, 6.45) is 4.96. The number of amides is 1. The van der Waals surface area contributed by atoms with Gasteiger partial charge in [0.15, 0.2) is 5.78 Å².